The molecule has 0 radical (unpaired) electrons. The van der Waals surface area contributed by atoms with Crippen molar-refractivity contribution in [1.29, 1.82) is 0 Å². The van der Waals surface area contributed by atoms with Crippen LogP contribution in [0.3, 0.4) is 0 Å². The van der Waals surface area contributed by atoms with Crippen LogP contribution in [-0.2, 0) is 4.74 Å². The van der Waals surface area contributed by atoms with Crippen LogP contribution in [0.4, 0.5) is 4.39 Å². The standard InChI is InChI=1S/C15H20FNO2/c1-4-5-13(18-3)15(17-2)14-9-10-8-11(16)6-7-12(10)19-14/h6-9,13,15,17H,4-5H2,1-3H3. The van der Waals surface area contributed by atoms with Gasteiger partial charge in [-0.05, 0) is 37.7 Å². The van der Waals surface area contributed by atoms with Crippen LogP contribution in [0.15, 0.2) is 28.7 Å². The minimum absolute atomic E-state index is 0.0274. The Bertz CT molecular complexity index is 538. The average molecular weight is 265 g/mol. The number of hydrogen-bond acceptors (Lipinski definition) is 3. The number of ether oxygens (including phenoxy) is 1. The first-order chi connectivity index (χ1) is 9.19. The summed E-state index contributed by atoms with van der Waals surface area (Å²) in [7, 11) is 3.58. The molecule has 2 aromatic rings. The maximum absolute atomic E-state index is 13.2. The van der Waals surface area contributed by atoms with Crippen LogP contribution in [-0.4, -0.2) is 20.3 Å². The molecule has 0 aliphatic heterocycles. The molecule has 3 nitrogen and oxygen atoms in total. The molecule has 2 unspecified atom stereocenters. The van der Waals surface area contributed by atoms with Crippen molar-refractivity contribution in [3.63, 3.8) is 0 Å². The number of furan rings is 1. The lowest BCUT2D eigenvalue weighted by atomic mass is 10.0. The van der Waals surface area contributed by atoms with Gasteiger partial charge in [-0.25, -0.2) is 4.39 Å². The molecule has 1 N–H and O–H groups in total. The minimum Gasteiger partial charge on any atom is -0.459 e. The highest BCUT2D eigenvalue weighted by Gasteiger charge is 2.24. The van der Waals surface area contributed by atoms with Crippen molar-refractivity contribution in [1.82, 2.24) is 5.32 Å². The van der Waals surface area contributed by atoms with Crippen LogP contribution in [0.2, 0.25) is 0 Å². The second kappa shape index (κ2) is 6.17. The molecule has 2 rings (SSSR count). The average Bonchev–Trinajstić information content (AvgIpc) is 2.81. The van der Waals surface area contributed by atoms with Crippen molar-refractivity contribution in [2.45, 2.75) is 31.9 Å². The summed E-state index contributed by atoms with van der Waals surface area (Å²) in [6.07, 6.45) is 2.01. The van der Waals surface area contributed by atoms with Crippen LogP contribution in [0.25, 0.3) is 11.0 Å². The first-order valence-corrected chi connectivity index (χ1v) is 6.58. The second-order valence-electron chi connectivity index (χ2n) is 4.66. The van der Waals surface area contributed by atoms with Gasteiger partial charge in [-0.1, -0.05) is 13.3 Å². The highest BCUT2D eigenvalue weighted by molar-refractivity contribution is 5.78. The van der Waals surface area contributed by atoms with Crippen molar-refractivity contribution >= 4 is 11.0 Å². The SMILES string of the molecule is CCCC(OC)C(NC)c1cc2cc(F)ccc2o1. The number of fused-ring (bicyclic) bond motifs is 1. The van der Waals surface area contributed by atoms with Crippen molar-refractivity contribution in [2.24, 2.45) is 0 Å². The van der Waals surface area contributed by atoms with Gasteiger partial charge in [-0.3, -0.25) is 0 Å². The first-order valence-electron chi connectivity index (χ1n) is 6.58. The third-order valence-electron chi connectivity index (χ3n) is 3.36. The van der Waals surface area contributed by atoms with E-state index in [1.165, 1.54) is 12.1 Å². The molecule has 1 heterocycles. The number of rotatable bonds is 6. The lowest BCUT2D eigenvalue weighted by molar-refractivity contribution is 0.0568. The van der Waals surface area contributed by atoms with Gasteiger partial charge >= 0.3 is 0 Å². The second-order valence-corrected chi connectivity index (χ2v) is 4.66. The monoisotopic (exact) mass is 265 g/mol. The molecule has 2 atom stereocenters. The molecule has 1 aromatic carbocycles. The van der Waals surface area contributed by atoms with E-state index < -0.39 is 0 Å². The van der Waals surface area contributed by atoms with Crippen LogP contribution in [0.1, 0.15) is 31.6 Å². The van der Waals surface area contributed by atoms with Gasteiger partial charge in [0, 0.05) is 12.5 Å². The topological polar surface area (TPSA) is 34.4 Å². The lowest BCUT2D eigenvalue weighted by Crippen LogP contribution is -2.30. The molecular weight excluding hydrogens is 245 g/mol. The zero-order chi connectivity index (χ0) is 13.8. The number of nitrogens with one attached hydrogen (secondary N) is 1. The van der Waals surface area contributed by atoms with E-state index in [2.05, 4.69) is 12.2 Å². The van der Waals surface area contributed by atoms with Gasteiger partial charge in [0.25, 0.3) is 0 Å². The van der Waals surface area contributed by atoms with Crippen molar-refractivity contribution < 1.29 is 13.5 Å². The Morgan fingerprint density at radius 3 is 2.79 bits per heavy atom. The molecular formula is C15H20FNO2. The quantitative estimate of drug-likeness (QED) is 0.865. The van der Waals surface area contributed by atoms with Crippen LogP contribution in [0, 0.1) is 5.82 Å². The van der Waals surface area contributed by atoms with E-state index in [0.717, 1.165) is 24.0 Å². The van der Waals surface area contributed by atoms with Crippen molar-refractivity contribution in [3.8, 4) is 0 Å². The fourth-order valence-corrected chi connectivity index (χ4v) is 2.40. The summed E-state index contributed by atoms with van der Waals surface area (Å²) in [5.74, 6) is 0.529. The highest BCUT2D eigenvalue weighted by Crippen LogP contribution is 2.28. The zero-order valence-electron chi connectivity index (χ0n) is 11.6. The molecule has 0 bridgehead atoms. The summed E-state index contributed by atoms with van der Waals surface area (Å²) in [5.41, 5.74) is 0.697. The van der Waals surface area contributed by atoms with Crippen LogP contribution < -0.4 is 5.32 Å². The molecule has 0 saturated heterocycles. The van der Waals surface area contributed by atoms with Crippen molar-refractivity contribution in [2.75, 3.05) is 14.2 Å². The highest BCUT2D eigenvalue weighted by atomic mass is 19.1. The van der Waals surface area contributed by atoms with Crippen LogP contribution in [0.5, 0.6) is 0 Å². The van der Waals surface area contributed by atoms with Gasteiger partial charge in [0.05, 0.1) is 12.1 Å². The number of methoxy groups -OCH3 is 1. The molecule has 0 fully saturated rings. The number of likely N-dealkylation sites (N-methyl/N-ethyl adjacent to an activating group) is 1. The van der Waals surface area contributed by atoms with E-state index in [9.17, 15) is 4.39 Å². The summed E-state index contributed by atoms with van der Waals surface area (Å²) >= 11 is 0. The molecule has 0 spiro atoms. The summed E-state index contributed by atoms with van der Waals surface area (Å²) in [6, 6.07) is 6.39. The molecule has 0 aliphatic rings. The van der Waals surface area contributed by atoms with E-state index in [4.69, 9.17) is 9.15 Å². The molecule has 0 amide bonds. The Labute approximate surface area is 112 Å². The normalized spacial score (nSPS) is 14.7. The third kappa shape index (κ3) is 2.96. The van der Waals surface area contributed by atoms with E-state index in [1.807, 2.05) is 13.1 Å². The minimum atomic E-state index is -0.252. The van der Waals surface area contributed by atoms with E-state index in [0.29, 0.717) is 5.58 Å². The van der Waals surface area contributed by atoms with Gasteiger partial charge in [0.2, 0.25) is 0 Å². The molecule has 104 valence electrons. The number of halogens is 1. The smallest absolute Gasteiger partial charge is 0.134 e. The molecule has 0 aliphatic carbocycles. The van der Waals surface area contributed by atoms with Gasteiger partial charge in [-0.2, -0.15) is 0 Å². The van der Waals surface area contributed by atoms with Crippen LogP contribution >= 0.6 is 0 Å². The fraction of sp³-hybridized carbons (Fsp3) is 0.467. The molecule has 4 heteroatoms. The van der Waals surface area contributed by atoms with Gasteiger partial charge in [0.1, 0.15) is 17.2 Å². The Hall–Kier alpha value is -1.39. The summed E-state index contributed by atoms with van der Waals surface area (Å²) in [6.45, 7) is 2.12. The van der Waals surface area contributed by atoms with E-state index >= 15 is 0 Å². The lowest BCUT2D eigenvalue weighted by Gasteiger charge is -2.23. The summed E-state index contributed by atoms with van der Waals surface area (Å²) in [4.78, 5) is 0. The molecule has 19 heavy (non-hydrogen) atoms. The fourth-order valence-electron chi connectivity index (χ4n) is 2.40. The Balaban J connectivity index is 2.34. The maximum atomic E-state index is 13.2. The largest absolute Gasteiger partial charge is 0.459 e. The van der Waals surface area contributed by atoms with E-state index in [-0.39, 0.29) is 18.0 Å². The summed E-state index contributed by atoms with van der Waals surface area (Å²) in [5, 5.41) is 4.00. The molecule has 0 saturated carbocycles. The van der Waals surface area contributed by atoms with Crippen molar-refractivity contribution in [3.05, 3.63) is 35.8 Å². The Morgan fingerprint density at radius 2 is 2.16 bits per heavy atom. The number of benzene rings is 1. The Morgan fingerprint density at radius 1 is 1.37 bits per heavy atom. The summed E-state index contributed by atoms with van der Waals surface area (Å²) < 4.78 is 24.5. The predicted molar refractivity (Wildman–Crippen MR) is 73.7 cm³/mol. The predicted octanol–water partition coefficient (Wildman–Crippen LogP) is 3.65. The Kier molecular flexibility index (Phi) is 4.56. The maximum Gasteiger partial charge on any atom is 0.134 e. The number of hydrogen-bond donors (Lipinski definition) is 1. The first kappa shape index (κ1) is 14.0. The zero-order valence-corrected chi connectivity index (χ0v) is 11.6. The molecule has 1 aromatic heterocycles. The van der Waals surface area contributed by atoms with E-state index in [1.54, 1.807) is 13.2 Å². The van der Waals surface area contributed by atoms with Gasteiger partial charge in [-0.15, -0.1) is 0 Å². The van der Waals surface area contributed by atoms with Gasteiger partial charge in [0.15, 0.2) is 0 Å². The van der Waals surface area contributed by atoms with Gasteiger partial charge < -0.3 is 14.5 Å². The third-order valence-corrected chi connectivity index (χ3v) is 3.36.